The van der Waals surface area contributed by atoms with Crippen LogP contribution >= 0.6 is 11.8 Å². The Labute approximate surface area is 198 Å². The van der Waals surface area contributed by atoms with Crippen LogP contribution in [0.25, 0.3) is 0 Å². The number of sulfonamides is 1. The number of thioether (sulfide) groups is 1. The standard InChI is InChI=1S/C25H25FN2O3S2/c1-25(2,3)18-7-13-22(14-8-18)33(30,31)27-20-6-4-5-17(15-20)24-28(23(29)16-32-24)21-11-9-19(26)10-12-21/h4-15,24,27H,16H2,1-3H3/t24-/m0/s1. The normalized spacial score (nSPS) is 16.8. The van der Waals surface area contributed by atoms with Crippen molar-refractivity contribution in [1.82, 2.24) is 0 Å². The van der Waals surface area contributed by atoms with E-state index < -0.39 is 10.0 Å². The van der Waals surface area contributed by atoms with E-state index in [0.717, 1.165) is 11.1 Å². The third-order valence-corrected chi connectivity index (χ3v) is 8.04. The first-order chi connectivity index (χ1) is 15.5. The first kappa shape index (κ1) is 23.3. The van der Waals surface area contributed by atoms with Crippen LogP contribution in [0.4, 0.5) is 15.8 Å². The topological polar surface area (TPSA) is 66.5 Å². The molecule has 1 fully saturated rings. The second kappa shape index (κ2) is 8.83. The fourth-order valence-electron chi connectivity index (χ4n) is 3.66. The highest BCUT2D eigenvalue weighted by Crippen LogP contribution is 2.42. The number of carbonyl (C=O) groups excluding carboxylic acids is 1. The number of amides is 1. The molecule has 1 N–H and O–H groups in total. The number of carbonyl (C=O) groups is 1. The van der Waals surface area contributed by atoms with Crippen LogP contribution in [-0.2, 0) is 20.2 Å². The average molecular weight is 485 g/mol. The Kier molecular flexibility index (Phi) is 6.24. The van der Waals surface area contributed by atoms with Crippen LogP contribution in [0.3, 0.4) is 0 Å². The molecule has 0 spiro atoms. The molecule has 0 radical (unpaired) electrons. The molecule has 1 aliphatic rings. The van der Waals surface area contributed by atoms with E-state index in [1.54, 1.807) is 47.4 Å². The molecule has 8 heteroatoms. The second-order valence-corrected chi connectivity index (χ2v) is 11.7. The van der Waals surface area contributed by atoms with Crippen LogP contribution in [0.15, 0.2) is 77.7 Å². The van der Waals surface area contributed by atoms with Gasteiger partial charge in [-0.3, -0.25) is 14.4 Å². The van der Waals surface area contributed by atoms with Gasteiger partial charge in [0.05, 0.1) is 10.6 Å². The largest absolute Gasteiger partial charge is 0.295 e. The van der Waals surface area contributed by atoms with Crippen LogP contribution in [0.5, 0.6) is 0 Å². The summed E-state index contributed by atoms with van der Waals surface area (Å²) in [5.41, 5.74) is 2.76. The molecule has 0 saturated carbocycles. The minimum Gasteiger partial charge on any atom is -0.295 e. The third-order valence-electron chi connectivity index (χ3n) is 5.43. The predicted molar refractivity (Wildman–Crippen MR) is 131 cm³/mol. The van der Waals surface area contributed by atoms with Gasteiger partial charge in [-0.05, 0) is 65.1 Å². The summed E-state index contributed by atoms with van der Waals surface area (Å²) in [6.07, 6.45) is 0. The Balaban J connectivity index is 1.58. The Bertz CT molecular complexity index is 1270. The lowest BCUT2D eigenvalue weighted by Gasteiger charge is -2.25. The number of anilines is 2. The minimum atomic E-state index is -3.78. The van der Waals surface area contributed by atoms with Gasteiger partial charge in [0, 0.05) is 11.4 Å². The molecule has 4 rings (SSSR count). The van der Waals surface area contributed by atoms with Crippen molar-refractivity contribution < 1.29 is 17.6 Å². The summed E-state index contributed by atoms with van der Waals surface area (Å²) in [6, 6.07) is 19.6. The molecular formula is C25H25FN2O3S2. The number of hydrogen-bond donors (Lipinski definition) is 1. The van der Waals surface area contributed by atoms with Crippen molar-refractivity contribution in [3.05, 3.63) is 89.7 Å². The van der Waals surface area contributed by atoms with Gasteiger partial charge in [-0.1, -0.05) is 45.0 Å². The van der Waals surface area contributed by atoms with E-state index in [-0.39, 0.29) is 33.2 Å². The van der Waals surface area contributed by atoms with Crippen LogP contribution in [0.1, 0.15) is 37.3 Å². The average Bonchev–Trinajstić information content (AvgIpc) is 3.15. The minimum absolute atomic E-state index is 0.0726. The van der Waals surface area contributed by atoms with Crippen LogP contribution < -0.4 is 9.62 Å². The van der Waals surface area contributed by atoms with Gasteiger partial charge in [0.25, 0.3) is 10.0 Å². The summed E-state index contributed by atoms with van der Waals surface area (Å²) >= 11 is 1.44. The summed E-state index contributed by atoms with van der Waals surface area (Å²) in [5, 5.41) is -0.335. The highest BCUT2D eigenvalue weighted by atomic mass is 32.2. The van der Waals surface area contributed by atoms with Gasteiger partial charge in [-0.2, -0.15) is 0 Å². The molecular weight excluding hydrogens is 459 g/mol. The Morgan fingerprint density at radius 2 is 1.67 bits per heavy atom. The van der Waals surface area contributed by atoms with Crippen molar-refractivity contribution >= 4 is 39.1 Å². The molecule has 0 aromatic heterocycles. The molecule has 0 aliphatic carbocycles. The van der Waals surface area contributed by atoms with E-state index in [4.69, 9.17) is 0 Å². The Hall–Kier alpha value is -2.84. The van der Waals surface area contributed by atoms with E-state index in [2.05, 4.69) is 25.5 Å². The highest BCUT2D eigenvalue weighted by molar-refractivity contribution is 8.00. The zero-order valence-electron chi connectivity index (χ0n) is 18.6. The van der Waals surface area contributed by atoms with Crippen molar-refractivity contribution in [3.8, 4) is 0 Å². The molecule has 3 aromatic rings. The number of nitrogens with zero attached hydrogens (tertiary/aromatic N) is 1. The molecule has 1 aliphatic heterocycles. The molecule has 172 valence electrons. The second-order valence-electron chi connectivity index (χ2n) is 8.91. The molecule has 0 unspecified atom stereocenters. The van der Waals surface area contributed by atoms with Gasteiger partial charge in [-0.15, -0.1) is 11.8 Å². The highest BCUT2D eigenvalue weighted by Gasteiger charge is 2.34. The molecule has 1 saturated heterocycles. The molecule has 1 heterocycles. The zero-order valence-corrected chi connectivity index (χ0v) is 20.2. The van der Waals surface area contributed by atoms with E-state index in [1.807, 2.05) is 18.2 Å². The lowest BCUT2D eigenvalue weighted by Crippen LogP contribution is -2.27. The Morgan fingerprint density at radius 3 is 2.30 bits per heavy atom. The maximum absolute atomic E-state index is 13.3. The van der Waals surface area contributed by atoms with Crippen LogP contribution in [0.2, 0.25) is 0 Å². The predicted octanol–water partition coefficient (Wildman–Crippen LogP) is 5.70. The number of benzene rings is 3. The van der Waals surface area contributed by atoms with Gasteiger partial charge < -0.3 is 0 Å². The van der Waals surface area contributed by atoms with E-state index in [0.29, 0.717) is 11.4 Å². The number of hydrogen-bond acceptors (Lipinski definition) is 4. The fourth-order valence-corrected chi connectivity index (χ4v) is 5.87. The molecule has 33 heavy (non-hydrogen) atoms. The maximum atomic E-state index is 13.3. The Morgan fingerprint density at radius 1 is 1.00 bits per heavy atom. The number of nitrogens with one attached hydrogen (secondary N) is 1. The summed E-state index contributed by atoms with van der Waals surface area (Å²) < 4.78 is 41.9. The monoisotopic (exact) mass is 484 g/mol. The van der Waals surface area contributed by atoms with E-state index in [9.17, 15) is 17.6 Å². The van der Waals surface area contributed by atoms with E-state index in [1.165, 1.54) is 23.9 Å². The number of halogens is 1. The van der Waals surface area contributed by atoms with Gasteiger partial charge in [-0.25, -0.2) is 12.8 Å². The summed E-state index contributed by atoms with van der Waals surface area (Å²) in [4.78, 5) is 14.3. The van der Waals surface area contributed by atoms with Crippen molar-refractivity contribution in [3.63, 3.8) is 0 Å². The first-order valence-corrected chi connectivity index (χ1v) is 13.0. The molecule has 0 bridgehead atoms. The molecule has 1 amide bonds. The molecule has 3 aromatic carbocycles. The summed E-state index contributed by atoms with van der Waals surface area (Å²) in [7, 11) is -3.78. The van der Waals surface area contributed by atoms with Crippen LogP contribution in [0, 0.1) is 5.82 Å². The van der Waals surface area contributed by atoms with E-state index >= 15 is 0 Å². The summed E-state index contributed by atoms with van der Waals surface area (Å²) in [5.74, 6) is -0.166. The van der Waals surface area contributed by atoms with Gasteiger partial charge in [0.2, 0.25) is 5.91 Å². The molecule has 1 atom stereocenters. The van der Waals surface area contributed by atoms with Crippen molar-refractivity contribution in [2.24, 2.45) is 0 Å². The zero-order chi connectivity index (χ0) is 23.8. The third kappa shape index (κ3) is 5.07. The fraction of sp³-hybridized carbons (Fsp3) is 0.240. The first-order valence-electron chi connectivity index (χ1n) is 10.5. The van der Waals surface area contributed by atoms with Crippen molar-refractivity contribution in [2.75, 3.05) is 15.4 Å². The van der Waals surface area contributed by atoms with Crippen molar-refractivity contribution in [1.29, 1.82) is 0 Å². The number of rotatable bonds is 5. The lowest BCUT2D eigenvalue weighted by molar-refractivity contribution is -0.115. The maximum Gasteiger partial charge on any atom is 0.261 e. The SMILES string of the molecule is CC(C)(C)c1ccc(S(=O)(=O)Nc2cccc([C@@H]3SCC(=O)N3c3ccc(F)cc3)c2)cc1. The van der Waals surface area contributed by atoms with Crippen molar-refractivity contribution in [2.45, 2.75) is 36.5 Å². The van der Waals surface area contributed by atoms with Gasteiger partial charge in [0.15, 0.2) is 0 Å². The van der Waals surface area contributed by atoms with Gasteiger partial charge >= 0.3 is 0 Å². The lowest BCUT2D eigenvalue weighted by atomic mass is 9.87. The quantitative estimate of drug-likeness (QED) is 0.504. The summed E-state index contributed by atoms with van der Waals surface area (Å²) in [6.45, 7) is 6.21. The molecule has 5 nitrogen and oxygen atoms in total. The smallest absolute Gasteiger partial charge is 0.261 e. The van der Waals surface area contributed by atoms with Crippen LogP contribution in [-0.4, -0.2) is 20.1 Å². The van der Waals surface area contributed by atoms with Gasteiger partial charge in [0.1, 0.15) is 11.2 Å².